The molecule has 23 heavy (non-hydrogen) atoms. The summed E-state index contributed by atoms with van der Waals surface area (Å²) < 4.78 is 70.5. The molecule has 0 radical (unpaired) electrons. The minimum Gasteiger partial charge on any atom is -0.380 e. The zero-order valence-electron chi connectivity index (χ0n) is 12.4. The fourth-order valence-electron chi connectivity index (χ4n) is 2.86. The van der Waals surface area contributed by atoms with Crippen LogP contribution in [0.25, 0.3) is 0 Å². The lowest BCUT2D eigenvalue weighted by Crippen LogP contribution is -2.39. The molecule has 0 amide bonds. The standard InChI is InChI=1S/C15H18F3NO3S/c16-15(17,18)12-3-1-2-11(8-12)14(5-6-14)10-19-23(20,21)13-4-7-22-9-13/h1-3,8,13,19H,4-7,9-10H2/t13-/m0/s1. The number of rotatable bonds is 5. The van der Waals surface area contributed by atoms with Crippen LogP contribution in [0.5, 0.6) is 0 Å². The van der Waals surface area contributed by atoms with Gasteiger partial charge in [-0.05, 0) is 30.9 Å². The van der Waals surface area contributed by atoms with E-state index in [1.165, 1.54) is 6.07 Å². The SMILES string of the molecule is O=S(=O)(NCC1(c2cccc(C(F)(F)F)c2)CC1)[C@H]1CCOC1. The summed E-state index contributed by atoms with van der Waals surface area (Å²) >= 11 is 0. The lowest BCUT2D eigenvalue weighted by molar-refractivity contribution is -0.137. The van der Waals surface area contributed by atoms with Gasteiger partial charge in [0.2, 0.25) is 10.0 Å². The van der Waals surface area contributed by atoms with Gasteiger partial charge in [-0.3, -0.25) is 0 Å². The highest BCUT2D eigenvalue weighted by atomic mass is 32.2. The molecule has 3 rings (SSSR count). The predicted molar refractivity (Wildman–Crippen MR) is 78.5 cm³/mol. The van der Waals surface area contributed by atoms with Gasteiger partial charge in [-0.15, -0.1) is 0 Å². The average Bonchev–Trinajstić information content (AvgIpc) is 3.07. The van der Waals surface area contributed by atoms with Crippen LogP contribution >= 0.6 is 0 Å². The van der Waals surface area contributed by atoms with E-state index in [2.05, 4.69) is 4.72 Å². The van der Waals surface area contributed by atoms with Crippen molar-refractivity contribution in [2.75, 3.05) is 19.8 Å². The molecule has 1 aliphatic heterocycles. The third-order valence-electron chi connectivity index (χ3n) is 4.59. The first-order chi connectivity index (χ1) is 10.7. The Kier molecular flexibility index (Phi) is 4.18. The molecule has 2 fully saturated rings. The van der Waals surface area contributed by atoms with Crippen molar-refractivity contribution >= 4 is 10.0 Å². The van der Waals surface area contributed by atoms with Gasteiger partial charge < -0.3 is 4.74 Å². The number of hydrogen-bond donors (Lipinski definition) is 1. The fraction of sp³-hybridized carbons (Fsp3) is 0.600. The number of ether oxygens (including phenoxy) is 1. The number of alkyl halides is 3. The Morgan fingerprint density at radius 2 is 2.04 bits per heavy atom. The van der Waals surface area contributed by atoms with E-state index in [0.717, 1.165) is 12.1 Å². The summed E-state index contributed by atoms with van der Waals surface area (Å²) in [6.07, 6.45) is -2.59. The number of nitrogens with one attached hydrogen (secondary N) is 1. The fourth-order valence-corrected chi connectivity index (χ4v) is 4.25. The van der Waals surface area contributed by atoms with Crippen LogP contribution in [0.1, 0.15) is 30.4 Å². The van der Waals surface area contributed by atoms with E-state index in [4.69, 9.17) is 4.74 Å². The van der Waals surface area contributed by atoms with E-state index in [1.807, 2.05) is 0 Å². The quantitative estimate of drug-likeness (QED) is 0.888. The second-order valence-corrected chi connectivity index (χ2v) is 8.26. The molecule has 128 valence electrons. The monoisotopic (exact) mass is 349 g/mol. The molecule has 0 bridgehead atoms. The zero-order chi connectivity index (χ0) is 16.7. The molecule has 2 aliphatic rings. The molecule has 1 N–H and O–H groups in total. The Balaban J connectivity index is 1.73. The average molecular weight is 349 g/mol. The predicted octanol–water partition coefficient (Wildman–Crippen LogP) is 2.45. The maximum Gasteiger partial charge on any atom is 0.416 e. The Morgan fingerprint density at radius 1 is 1.30 bits per heavy atom. The van der Waals surface area contributed by atoms with Gasteiger partial charge >= 0.3 is 6.18 Å². The van der Waals surface area contributed by atoms with Crippen molar-refractivity contribution in [3.63, 3.8) is 0 Å². The molecule has 1 aromatic rings. The molecule has 0 spiro atoms. The molecule has 1 aliphatic carbocycles. The van der Waals surface area contributed by atoms with Crippen molar-refractivity contribution in [3.8, 4) is 0 Å². The molecule has 1 saturated carbocycles. The molecule has 4 nitrogen and oxygen atoms in total. The molecule has 1 atom stereocenters. The van der Waals surface area contributed by atoms with Crippen LogP contribution in [-0.2, 0) is 26.4 Å². The first kappa shape index (κ1) is 16.7. The Labute approximate surface area is 133 Å². The van der Waals surface area contributed by atoms with Crippen LogP contribution in [0, 0.1) is 0 Å². The first-order valence-electron chi connectivity index (χ1n) is 7.47. The van der Waals surface area contributed by atoms with Crippen LogP contribution in [0.4, 0.5) is 13.2 Å². The van der Waals surface area contributed by atoms with Crippen molar-refractivity contribution in [3.05, 3.63) is 35.4 Å². The zero-order valence-corrected chi connectivity index (χ0v) is 13.2. The highest BCUT2D eigenvalue weighted by molar-refractivity contribution is 7.90. The van der Waals surface area contributed by atoms with Gasteiger partial charge in [-0.25, -0.2) is 13.1 Å². The van der Waals surface area contributed by atoms with Crippen molar-refractivity contribution in [2.45, 2.75) is 36.1 Å². The molecule has 0 unspecified atom stereocenters. The van der Waals surface area contributed by atoms with Crippen LogP contribution in [0.3, 0.4) is 0 Å². The van der Waals surface area contributed by atoms with Crippen molar-refractivity contribution in [1.29, 1.82) is 0 Å². The lowest BCUT2D eigenvalue weighted by Gasteiger charge is -2.19. The third kappa shape index (κ3) is 3.54. The van der Waals surface area contributed by atoms with Crippen molar-refractivity contribution in [1.82, 2.24) is 4.72 Å². The Hall–Kier alpha value is -1.12. The summed E-state index contributed by atoms with van der Waals surface area (Å²) in [6.45, 7) is 0.726. The van der Waals surface area contributed by atoms with E-state index in [9.17, 15) is 21.6 Å². The Morgan fingerprint density at radius 3 is 2.61 bits per heavy atom. The van der Waals surface area contributed by atoms with E-state index in [1.54, 1.807) is 6.07 Å². The smallest absolute Gasteiger partial charge is 0.380 e. The largest absolute Gasteiger partial charge is 0.416 e. The summed E-state index contributed by atoms with van der Waals surface area (Å²) in [6, 6.07) is 5.16. The van der Waals surface area contributed by atoms with Gasteiger partial charge in [-0.2, -0.15) is 13.2 Å². The van der Waals surface area contributed by atoms with Gasteiger partial charge in [0.25, 0.3) is 0 Å². The summed E-state index contributed by atoms with van der Waals surface area (Å²) in [4.78, 5) is 0. The van der Waals surface area contributed by atoms with Crippen molar-refractivity contribution < 1.29 is 26.3 Å². The minimum atomic E-state index is -4.40. The molecule has 1 heterocycles. The maximum absolute atomic E-state index is 12.8. The van der Waals surface area contributed by atoms with E-state index >= 15 is 0 Å². The van der Waals surface area contributed by atoms with Crippen LogP contribution in [0.2, 0.25) is 0 Å². The molecule has 1 saturated heterocycles. The summed E-state index contributed by atoms with van der Waals surface area (Å²) in [5.41, 5.74) is -0.681. The number of halogens is 3. The third-order valence-corrected chi connectivity index (χ3v) is 6.39. The van der Waals surface area contributed by atoms with E-state index in [0.29, 0.717) is 31.4 Å². The van der Waals surface area contributed by atoms with Gasteiger partial charge in [0, 0.05) is 18.6 Å². The summed E-state index contributed by atoms with van der Waals surface area (Å²) in [5.74, 6) is 0. The molecular formula is C15H18F3NO3S. The minimum absolute atomic E-state index is 0.132. The summed E-state index contributed by atoms with van der Waals surface area (Å²) in [5, 5.41) is -0.570. The number of benzene rings is 1. The van der Waals surface area contributed by atoms with E-state index in [-0.39, 0.29) is 13.2 Å². The second kappa shape index (κ2) is 5.75. The van der Waals surface area contributed by atoms with Crippen LogP contribution in [0.15, 0.2) is 24.3 Å². The molecular weight excluding hydrogens is 331 g/mol. The second-order valence-electron chi connectivity index (χ2n) is 6.21. The van der Waals surface area contributed by atoms with Gasteiger partial charge in [0.15, 0.2) is 0 Å². The Bertz CT molecular complexity index is 677. The molecule has 1 aromatic carbocycles. The summed E-state index contributed by atoms with van der Waals surface area (Å²) in [7, 11) is -3.50. The van der Waals surface area contributed by atoms with Gasteiger partial charge in [-0.1, -0.05) is 18.2 Å². The topological polar surface area (TPSA) is 55.4 Å². The van der Waals surface area contributed by atoms with Gasteiger partial charge in [0.1, 0.15) is 5.25 Å². The maximum atomic E-state index is 12.8. The van der Waals surface area contributed by atoms with Crippen LogP contribution < -0.4 is 4.72 Å². The lowest BCUT2D eigenvalue weighted by atomic mass is 9.94. The number of sulfonamides is 1. The van der Waals surface area contributed by atoms with E-state index < -0.39 is 32.4 Å². The highest BCUT2D eigenvalue weighted by Gasteiger charge is 2.46. The normalized spacial score (nSPS) is 23.9. The first-order valence-corrected chi connectivity index (χ1v) is 9.02. The highest BCUT2D eigenvalue weighted by Crippen LogP contribution is 2.48. The van der Waals surface area contributed by atoms with Gasteiger partial charge in [0.05, 0.1) is 12.2 Å². The van der Waals surface area contributed by atoms with Crippen LogP contribution in [-0.4, -0.2) is 33.4 Å². The van der Waals surface area contributed by atoms with Crippen molar-refractivity contribution in [2.24, 2.45) is 0 Å². The number of hydrogen-bond acceptors (Lipinski definition) is 3. The molecule has 0 aromatic heterocycles. The molecule has 8 heteroatoms.